The summed E-state index contributed by atoms with van der Waals surface area (Å²) in [5.74, 6) is 6.55. The van der Waals surface area contributed by atoms with Gasteiger partial charge in [0, 0.05) is 24.1 Å². The summed E-state index contributed by atoms with van der Waals surface area (Å²) in [5.41, 5.74) is 5.08. The third-order valence-electron chi connectivity index (χ3n) is 3.19. The van der Waals surface area contributed by atoms with E-state index in [4.69, 9.17) is 26.9 Å². The van der Waals surface area contributed by atoms with E-state index in [9.17, 15) is 0 Å². The average Bonchev–Trinajstić information content (AvgIpc) is 2.85. The SMILES string of the molecule is CCCOCC(Cc1cc(Cl)cc2c1OCC2)NN. The summed E-state index contributed by atoms with van der Waals surface area (Å²) in [4.78, 5) is 0. The molecule has 0 fully saturated rings. The molecule has 0 radical (unpaired) electrons. The van der Waals surface area contributed by atoms with Crippen LogP contribution in [0, 0.1) is 0 Å². The average molecular weight is 285 g/mol. The van der Waals surface area contributed by atoms with Crippen molar-refractivity contribution in [2.45, 2.75) is 32.2 Å². The number of hydrazine groups is 1. The Morgan fingerprint density at radius 3 is 3.11 bits per heavy atom. The third-order valence-corrected chi connectivity index (χ3v) is 3.41. The summed E-state index contributed by atoms with van der Waals surface area (Å²) in [6.45, 7) is 4.16. The smallest absolute Gasteiger partial charge is 0.125 e. The minimum Gasteiger partial charge on any atom is -0.493 e. The van der Waals surface area contributed by atoms with Gasteiger partial charge < -0.3 is 9.47 Å². The lowest BCUT2D eigenvalue weighted by atomic mass is 10.0. The molecule has 0 saturated heterocycles. The third kappa shape index (κ3) is 3.83. The van der Waals surface area contributed by atoms with E-state index in [2.05, 4.69) is 12.3 Å². The molecule has 106 valence electrons. The van der Waals surface area contributed by atoms with Crippen LogP contribution in [0.15, 0.2) is 12.1 Å². The van der Waals surface area contributed by atoms with Gasteiger partial charge >= 0.3 is 0 Å². The Bertz CT molecular complexity index is 426. The number of rotatable bonds is 7. The van der Waals surface area contributed by atoms with Gasteiger partial charge in [0.05, 0.1) is 13.2 Å². The van der Waals surface area contributed by atoms with Gasteiger partial charge in [0.15, 0.2) is 0 Å². The van der Waals surface area contributed by atoms with Crippen molar-refractivity contribution in [3.8, 4) is 5.75 Å². The normalized spacial score (nSPS) is 15.1. The quantitative estimate of drug-likeness (QED) is 0.457. The molecule has 1 heterocycles. The summed E-state index contributed by atoms with van der Waals surface area (Å²) >= 11 is 6.14. The zero-order valence-corrected chi connectivity index (χ0v) is 12.0. The number of nitrogens with one attached hydrogen (secondary N) is 1. The Hall–Kier alpha value is -0.810. The van der Waals surface area contributed by atoms with Gasteiger partial charge in [-0.15, -0.1) is 0 Å². The van der Waals surface area contributed by atoms with Crippen LogP contribution in [0.2, 0.25) is 5.02 Å². The standard InChI is InChI=1S/C14H21ClN2O2/c1-2-4-18-9-13(17-16)8-11-7-12(15)6-10-3-5-19-14(10)11/h6-7,13,17H,2-5,8-9,16H2,1H3. The van der Waals surface area contributed by atoms with Crippen molar-refractivity contribution in [3.05, 3.63) is 28.3 Å². The minimum atomic E-state index is 0.0679. The van der Waals surface area contributed by atoms with Crippen molar-refractivity contribution in [1.29, 1.82) is 0 Å². The van der Waals surface area contributed by atoms with Crippen LogP contribution in [0.1, 0.15) is 24.5 Å². The van der Waals surface area contributed by atoms with Gasteiger partial charge in [0.1, 0.15) is 5.75 Å². The molecular formula is C14H21ClN2O2. The fourth-order valence-corrected chi connectivity index (χ4v) is 2.56. The molecule has 1 aliphatic heterocycles. The summed E-state index contributed by atoms with van der Waals surface area (Å²) in [5, 5.41) is 0.754. The molecule has 1 aromatic carbocycles. The number of halogens is 1. The fraction of sp³-hybridized carbons (Fsp3) is 0.571. The van der Waals surface area contributed by atoms with Gasteiger partial charge in [-0.2, -0.15) is 0 Å². The van der Waals surface area contributed by atoms with E-state index in [-0.39, 0.29) is 6.04 Å². The second-order valence-corrected chi connectivity index (χ2v) is 5.23. The number of fused-ring (bicyclic) bond motifs is 1. The molecule has 0 aromatic heterocycles. The van der Waals surface area contributed by atoms with Crippen LogP contribution in [0.3, 0.4) is 0 Å². The van der Waals surface area contributed by atoms with Gasteiger partial charge in [-0.1, -0.05) is 18.5 Å². The first kappa shape index (κ1) is 14.6. The van der Waals surface area contributed by atoms with E-state index in [0.29, 0.717) is 6.61 Å². The molecule has 1 atom stereocenters. The molecule has 2 rings (SSSR count). The second-order valence-electron chi connectivity index (χ2n) is 4.79. The molecule has 3 N–H and O–H groups in total. The van der Waals surface area contributed by atoms with Crippen molar-refractivity contribution in [2.24, 2.45) is 5.84 Å². The van der Waals surface area contributed by atoms with Gasteiger partial charge in [0.25, 0.3) is 0 Å². The zero-order valence-electron chi connectivity index (χ0n) is 11.2. The predicted molar refractivity (Wildman–Crippen MR) is 76.6 cm³/mol. The lowest BCUT2D eigenvalue weighted by molar-refractivity contribution is 0.111. The van der Waals surface area contributed by atoms with Crippen molar-refractivity contribution in [3.63, 3.8) is 0 Å². The molecule has 0 spiro atoms. The maximum atomic E-state index is 6.14. The molecule has 1 aliphatic rings. The number of benzene rings is 1. The van der Waals surface area contributed by atoms with E-state index in [1.807, 2.05) is 12.1 Å². The Balaban J connectivity index is 2.05. The molecule has 5 heteroatoms. The summed E-state index contributed by atoms with van der Waals surface area (Å²) < 4.78 is 11.2. The largest absolute Gasteiger partial charge is 0.493 e. The van der Waals surface area contributed by atoms with Crippen LogP contribution in [0.25, 0.3) is 0 Å². The lowest BCUT2D eigenvalue weighted by Crippen LogP contribution is -2.40. The summed E-state index contributed by atoms with van der Waals surface area (Å²) in [6, 6.07) is 4.00. The molecule has 0 saturated carbocycles. The highest BCUT2D eigenvalue weighted by Gasteiger charge is 2.20. The topological polar surface area (TPSA) is 56.5 Å². The number of nitrogens with two attached hydrogens (primary N) is 1. The van der Waals surface area contributed by atoms with E-state index in [1.54, 1.807) is 0 Å². The highest BCUT2D eigenvalue weighted by molar-refractivity contribution is 6.30. The van der Waals surface area contributed by atoms with Crippen molar-refractivity contribution >= 4 is 11.6 Å². The first-order valence-electron chi connectivity index (χ1n) is 6.72. The monoisotopic (exact) mass is 284 g/mol. The molecular weight excluding hydrogens is 264 g/mol. The second kappa shape index (κ2) is 7.10. The highest BCUT2D eigenvalue weighted by atomic mass is 35.5. The van der Waals surface area contributed by atoms with Crippen molar-refractivity contribution in [2.75, 3.05) is 19.8 Å². The van der Waals surface area contributed by atoms with Gasteiger partial charge in [-0.3, -0.25) is 11.3 Å². The maximum Gasteiger partial charge on any atom is 0.125 e. The first-order valence-corrected chi connectivity index (χ1v) is 7.10. The van der Waals surface area contributed by atoms with E-state index < -0.39 is 0 Å². The lowest BCUT2D eigenvalue weighted by Gasteiger charge is -2.18. The molecule has 4 nitrogen and oxygen atoms in total. The molecule has 0 amide bonds. The molecule has 0 aliphatic carbocycles. The highest BCUT2D eigenvalue weighted by Crippen LogP contribution is 2.33. The van der Waals surface area contributed by atoms with Crippen molar-refractivity contribution in [1.82, 2.24) is 5.43 Å². The molecule has 19 heavy (non-hydrogen) atoms. The number of hydrogen-bond acceptors (Lipinski definition) is 4. The Labute approximate surface area is 119 Å². The summed E-state index contributed by atoms with van der Waals surface area (Å²) in [7, 11) is 0. The van der Waals surface area contributed by atoms with Gasteiger partial charge in [0.2, 0.25) is 0 Å². The zero-order chi connectivity index (χ0) is 13.7. The Morgan fingerprint density at radius 1 is 1.53 bits per heavy atom. The number of hydrogen-bond donors (Lipinski definition) is 2. The predicted octanol–water partition coefficient (Wildman–Crippen LogP) is 2.08. The van der Waals surface area contributed by atoms with Crippen molar-refractivity contribution < 1.29 is 9.47 Å². The number of ether oxygens (including phenoxy) is 2. The minimum absolute atomic E-state index is 0.0679. The van der Waals surface area contributed by atoms with E-state index >= 15 is 0 Å². The van der Waals surface area contributed by atoms with Crippen LogP contribution in [-0.4, -0.2) is 25.9 Å². The van der Waals surface area contributed by atoms with E-state index in [0.717, 1.165) is 48.8 Å². The van der Waals surface area contributed by atoms with Crippen LogP contribution in [0.4, 0.5) is 0 Å². The summed E-state index contributed by atoms with van der Waals surface area (Å²) in [6.07, 6.45) is 2.69. The fourth-order valence-electron chi connectivity index (χ4n) is 2.30. The van der Waals surface area contributed by atoms with Gasteiger partial charge in [-0.05, 0) is 36.1 Å². The molecule has 1 unspecified atom stereocenters. The maximum absolute atomic E-state index is 6.14. The molecule has 1 aromatic rings. The van der Waals surface area contributed by atoms with Gasteiger partial charge in [-0.25, -0.2) is 0 Å². The Kier molecular flexibility index (Phi) is 5.45. The molecule has 0 bridgehead atoms. The van der Waals surface area contributed by atoms with Crippen LogP contribution in [0.5, 0.6) is 5.75 Å². The van der Waals surface area contributed by atoms with E-state index in [1.165, 1.54) is 5.56 Å². The first-order chi connectivity index (χ1) is 9.24. The van der Waals surface area contributed by atoms with Crippen LogP contribution < -0.4 is 16.0 Å². The van der Waals surface area contributed by atoms with Crippen LogP contribution >= 0.6 is 11.6 Å². The van der Waals surface area contributed by atoms with Crippen LogP contribution in [-0.2, 0) is 17.6 Å². The Morgan fingerprint density at radius 2 is 2.37 bits per heavy atom.